The Balaban J connectivity index is 2.16. The Labute approximate surface area is 136 Å². The molecule has 0 saturated heterocycles. The first kappa shape index (κ1) is 18.0. The molecule has 1 aromatic carbocycles. The molecule has 0 aliphatic heterocycles. The van der Waals surface area contributed by atoms with E-state index >= 15 is 0 Å². The molecule has 0 amide bonds. The summed E-state index contributed by atoms with van der Waals surface area (Å²) in [5.74, 6) is 0.182. The van der Waals surface area contributed by atoms with Crippen molar-refractivity contribution in [3.8, 4) is 5.75 Å². The average molecular weight is 340 g/mol. The van der Waals surface area contributed by atoms with E-state index in [1.165, 1.54) is 0 Å². The first-order chi connectivity index (χ1) is 10.9. The first-order valence-corrected chi connectivity index (χ1v) is 9.54. The molecule has 0 bridgehead atoms. The molecular weight excluding hydrogens is 315 g/mol. The van der Waals surface area contributed by atoms with Gasteiger partial charge in [-0.25, -0.2) is 4.57 Å². The SMILES string of the molecule is CCCN(CCC)CCc1c[nH]c2c(OP(=O)(O)O)cccc12. The summed E-state index contributed by atoms with van der Waals surface area (Å²) in [6.45, 7) is 7.50. The van der Waals surface area contributed by atoms with Gasteiger partial charge in [-0.1, -0.05) is 26.0 Å². The Hall–Kier alpha value is -1.33. The van der Waals surface area contributed by atoms with Crippen LogP contribution in [0.2, 0.25) is 0 Å². The molecule has 0 spiro atoms. The van der Waals surface area contributed by atoms with Crippen molar-refractivity contribution >= 4 is 18.7 Å². The van der Waals surface area contributed by atoms with E-state index in [0.717, 1.165) is 49.8 Å². The van der Waals surface area contributed by atoms with Gasteiger partial charge in [-0.15, -0.1) is 0 Å². The van der Waals surface area contributed by atoms with Crippen molar-refractivity contribution in [2.24, 2.45) is 0 Å². The van der Waals surface area contributed by atoms with Crippen LogP contribution in [0, 0.1) is 0 Å². The number of aromatic amines is 1. The summed E-state index contributed by atoms with van der Waals surface area (Å²) in [5, 5.41) is 0.948. The molecule has 0 aliphatic carbocycles. The molecule has 2 rings (SSSR count). The number of fused-ring (bicyclic) bond motifs is 1. The number of benzene rings is 1. The van der Waals surface area contributed by atoms with Gasteiger partial charge >= 0.3 is 7.82 Å². The zero-order valence-electron chi connectivity index (χ0n) is 13.7. The van der Waals surface area contributed by atoms with Gasteiger partial charge in [0.15, 0.2) is 5.75 Å². The summed E-state index contributed by atoms with van der Waals surface area (Å²) in [7, 11) is -4.56. The van der Waals surface area contributed by atoms with Gasteiger partial charge in [0.1, 0.15) is 0 Å². The van der Waals surface area contributed by atoms with E-state index in [1.54, 1.807) is 12.1 Å². The monoisotopic (exact) mass is 340 g/mol. The molecule has 0 unspecified atom stereocenters. The largest absolute Gasteiger partial charge is 0.524 e. The number of H-pyrrole nitrogens is 1. The molecule has 128 valence electrons. The van der Waals surface area contributed by atoms with E-state index in [0.29, 0.717) is 5.52 Å². The zero-order valence-corrected chi connectivity index (χ0v) is 14.6. The Morgan fingerprint density at radius 2 is 1.87 bits per heavy atom. The summed E-state index contributed by atoms with van der Waals surface area (Å²) in [6.07, 6.45) is 5.05. The standard InChI is InChI=1S/C16H25N2O4P/c1-3-9-18(10-4-2)11-8-13-12-17-16-14(13)6-5-7-15(16)22-23(19,20)21/h5-7,12,17H,3-4,8-11H2,1-2H3,(H2,19,20,21). The molecular formula is C16H25N2O4P. The van der Waals surface area contributed by atoms with Crippen LogP contribution in [0.3, 0.4) is 0 Å². The molecule has 6 nitrogen and oxygen atoms in total. The lowest BCUT2D eigenvalue weighted by Crippen LogP contribution is -2.27. The quantitative estimate of drug-likeness (QED) is 0.610. The predicted molar refractivity (Wildman–Crippen MR) is 91.7 cm³/mol. The Morgan fingerprint density at radius 1 is 1.17 bits per heavy atom. The highest BCUT2D eigenvalue weighted by Gasteiger charge is 2.19. The highest BCUT2D eigenvalue weighted by atomic mass is 31.2. The number of phosphoric acid groups is 1. The van der Waals surface area contributed by atoms with Crippen LogP contribution in [0.4, 0.5) is 0 Å². The number of hydrogen-bond donors (Lipinski definition) is 3. The van der Waals surface area contributed by atoms with Gasteiger partial charge in [-0.2, -0.15) is 0 Å². The van der Waals surface area contributed by atoms with Gasteiger partial charge in [-0.05, 0) is 44.0 Å². The second-order valence-corrected chi connectivity index (χ2v) is 6.83. The smallest absolute Gasteiger partial charge is 0.402 e. The van der Waals surface area contributed by atoms with Crippen molar-refractivity contribution in [1.29, 1.82) is 0 Å². The molecule has 0 fully saturated rings. The number of phosphoric ester groups is 1. The van der Waals surface area contributed by atoms with E-state index in [4.69, 9.17) is 14.3 Å². The minimum atomic E-state index is -4.56. The van der Waals surface area contributed by atoms with Crippen molar-refractivity contribution in [3.05, 3.63) is 30.0 Å². The fraction of sp³-hybridized carbons (Fsp3) is 0.500. The van der Waals surface area contributed by atoms with Crippen molar-refractivity contribution in [2.75, 3.05) is 19.6 Å². The summed E-state index contributed by atoms with van der Waals surface area (Å²) in [5.41, 5.74) is 1.76. The van der Waals surface area contributed by atoms with Gasteiger partial charge in [-0.3, -0.25) is 9.79 Å². The van der Waals surface area contributed by atoms with E-state index in [9.17, 15) is 4.57 Å². The van der Waals surface area contributed by atoms with Crippen LogP contribution in [-0.2, 0) is 11.0 Å². The molecule has 0 atom stereocenters. The van der Waals surface area contributed by atoms with Crippen LogP contribution >= 0.6 is 7.82 Å². The molecule has 7 heteroatoms. The second-order valence-electron chi connectivity index (χ2n) is 5.67. The third kappa shape index (κ3) is 5.08. The Morgan fingerprint density at radius 3 is 2.48 bits per heavy atom. The second kappa shape index (κ2) is 7.97. The van der Waals surface area contributed by atoms with Crippen LogP contribution < -0.4 is 4.52 Å². The maximum Gasteiger partial charge on any atom is 0.524 e. The van der Waals surface area contributed by atoms with Gasteiger partial charge in [0.2, 0.25) is 0 Å². The normalized spacial score (nSPS) is 12.2. The summed E-state index contributed by atoms with van der Waals surface area (Å²) in [6, 6.07) is 5.25. The molecule has 23 heavy (non-hydrogen) atoms. The molecule has 3 N–H and O–H groups in total. The van der Waals surface area contributed by atoms with Crippen molar-refractivity contribution < 1.29 is 18.9 Å². The Bertz CT molecular complexity index is 674. The molecule has 1 heterocycles. The van der Waals surface area contributed by atoms with E-state index < -0.39 is 7.82 Å². The van der Waals surface area contributed by atoms with Crippen molar-refractivity contribution in [2.45, 2.75) is 33.1 Å². The lowest BCUT2D eigenvalue weighted by molar-refractivity contribution is 0.278. The van der Waals surface area contributed by atoms with Crippen molar-refractivity contribution in [3.63, 3.8) is 0 Å². The minimum Gasteiger partial charge on any atom is -0.402 e. The van der Waals surface area contributed by atoms with Crippen LogP contribution in [0.1, 0.15) is 32.3 Å². The molecule has 1 aromatic heterocycles. The number of hydrogen-bond acceptors (Lipinski definition) is 3. The number of rotatable bonds is 9. The number of para-hydroxylation sites is 1. The number of nitrogens with one attached hydrogen (secondary N) is 1. The average Bonchev–Trinajstić information content (AvgIpc) is 2.88. The molecule has 0 radical (unpaired) electrons. The molecule has 2 aromatic rings. The summed E-state index contributed by atoms with van der Waals surface area (Å²) < 4.78 is 15.8. The Kier molecular flexibility index (Phi) is 6.25. The minimum absolute atomic E-state index is 0.182. The maximum atomic E-state index is 11.1. The summed E-state index contributed by atoms with van der Waals surface area (Å²) >= 11 is 0. The topological polar surface area (TPSA) is 85.8 Å². The fourth-order valence-corrected chi connectivity index (χ4v) is 3.25. The van der Waals surface area contributed by atoms with Crippen LogP contribution in [-0.4, -0.2) is 39.3 Å². The zero-order chi connectivity index (χ0) is 16.9. The van der Waals surface area contributed by atoms with Gasteiger partial charge < -0.3 is 14.4 Å². The van der Waals surface area contributed by atoms with E-state index in [1.807, 2.05) is 12.3 Å². The third-order valence-corrected chi connectivity index (χ3v) is 4.19. The van der Waals surface area contributed by atoms with Crippen LogP contribution in [0.5, 0.6) is 5.75 Å². The lowest BCUT2D eigenvalue weighted by Gasteiger charge is -2.20. The molecule has 0 aliphatic rings. The first-order valence-electron chi connectivity index (χ1n) is 8.01. The van der Waals surface area contributed by atoms with Crippen molar-refractivity contribution in [1.82, 2.24) is 9.88 Å². The number of nitrogens with zero attached hydrogens (tertiary/aromatic N) is 1. The highest BCUT2D eigenvalue weighted by molar-refractivity contribution is 7.46. The van der Waals surface area contributed by atoms with Crippen LogP contribution in [0.15, 0.2) is 24.4 Å². The van der Waals surface area contributed by atoms with Crippen LogP contribution in [0.25, 0.3) is 10.9 Å². The van der Waals surface area contributed by atoms with Gasteiger partial charge in [0.25, 0.3) is 0 Å². The maximum absolute atomic E-state index is 11.1. The van der Waals surface area contributed by atoms with Gasteiger partial charge in [0.05, 0.1) is 5.52 Å². The highest BCUT2D eigenvalue weighted by Crippen LogP contribution is 2.40. The fourth-order valence-electron chi connectivity index (χ4n) is 2.84. The van der Waals surface area contributed by atoms with Gasteiger partial charge in [0, 0.05) is 18.1 Å². The summed E-state index contributed by atoms with van der Waals surface area (Å²) in [4.78, 5) is 23.5. The predicted octanol–water partition coefficient (Wildman–Crippen LogP) is 3.30. The third-order valence-electron chi connectivity index (χ3n) is 3.76. The molecule has 0 saturated carbocycles. The number of aromatic nitrogens is 1. The lowest BCUT2D eigenvalue weighted by atomic mass is 10.1. The van der Waals surface area contributed by atoms with E-state index in [-0.39, 0.29) is 5.75 Å². The van der Waals surface area contributed by atoms with E-state index in [2.05, 4.69) is 23.7 Å².